The predicted octanol–water partition coefficient (Wildman–Crippen LogP) is 4.95. The predicted molar refractivity (Wildman–Crippen MR) is 119 cm³/mol. The lowest BCUT2D eigenvalue weighted by molar-refractivity contribution is 0.400. The quantitative estimate of drug-likeness (QED) is 0.613. The Morgan fingerprint density at radius 2 is 1.53 bits per heavy atom. The first kappa shape index (κ1) is 20.6. The number of ether oxygens (including phenoxy) is 1. The SMILES string of the molecule is COc1cc2c(cc1S(=O)(=O)N[C@@H](c1ccccc1)c1cccc(C)c1)CCCC2. The van der Waals surface area contributed by atoms with Gasteiger partial charge in [0.2, 0.25) is 10.0 Å². The summed E-state index contributed by atoms with van der Waals surface area (Å²) in [4.78, 5) is 0.208. The first-order chi connectivity index (χ1) is 14.5. The number of nitrogens with one attached hydrogen (secondary N) is 1. The van der Waals surface area contributed by atoms with Crippen LogP contribution in [0.5, 0.6) is 5.75 Å². The van der Waals surface area contributed by atoms with E-state index >= 15 is 0 Å². The zero-order valence-electron chi connectivity index (χ0n) is 17.4. The van der Waals surface area contributed by atoms with E-state index in [1.54, 1.807) is 6.07 Å². The van der Waals surface area contributed by atoms with Gasteiger partial charge in [-0.3, -0.25) is 0 Å². The van der Waals surface area contributed by atoms with E-state index in [1.165, 1.54) is 12.7 Å². The lowest BCUT2D eigenvalue weighted by Gasteiger charge is -2.23. The monoisotopic (exact) mass is 421 g/mol. The van der Waals surface area contributed by atoms with Crippen LogP contribution in [0.2, 0.25) is 0 Å². The van der Waals surface area contributed by atoms with Crippen LogP contribution in [0.4, 0.5) is 0 Å². The summed E-state index contributed by atoms with van der Waals surface area (Å²) >= 11 is 0. The summed E-state index contributed by atoms with van der Waals surface area (Å²) in [7, 11) is -2.29. The third kappa shape index (κ3) is 4.27. The van der Waals surface area contributed by atoms with Crippen LogP contribution in [0.25, 0.3) is 0 Å². The van der Waals surface area contributed by atoms with Crippen molar-refractivity contribution in [2.75, 3.05) is 7.11 Å². The maximum atomic E-state index is 13.5. The van der Waals surface area contributed by atoms with E-state index in [-0.39, 0.29) is 4.90 Å². The Morgan fingerprint density at radius 1 is 0.867 bits per heavy atom. The number of methoxy groups -OCH3 is 1. The minimum absolute atomic E-state index is 0.208. The molecule has 0 bridgehead atoms. The fourth-order valence-electron chi connectivity index (χ4n) is 4.15. The van der Waals surface area contributed by atoms with Crippen molar-refractivity contribution in [1.29, 1.82) is 0 Å². The molecule has 156 valence electrons. The highest BCUT2D eigenvalue weighted by Gasteiger charge is 2.27. The number of sulfonamides is 1. The second kappa shape index (κ2) is 8.62. The number of fused-ring (bicyclic) bond motifs is 1. The van der Waals surface area contributed by atoms with E-state index in [0.29, 0.717) is 5.75 Å². The summed E-state index contributed by atoms with van der Waals surface area (Å²) in [5.74, 6) is 0.402. The zero-order chi connectivity index (χ0) is 21.1. The van der Waals surface area contributed by atoms with Crippen molar-refractivity contribution in [1.82, 2.24) is 4.72 Å². The molecule has 0 aliphatic heterocycles. The summed E-state index contributed by atoms with van der Waals surface area (Å²) in [5, 5.41) is 0. The zero-order valence-corrected chi connectivity index (χ0v) is 18.2. The molecule has 0 amide bonds. The lowest BCUT2D eigenvalue weighted by Crippen LogP contribution is -2.30. The average Bonchev–Trinajstić information content (AvgIpc) is 2.77. The highest BCUT2D eigenvalue weighted by atomic mass is 32.2. The molecule has 3 aromatic carbocycles. The molecular formula is C25H27NO3S. The van der Waals surface area contributed by atoms with Crippen LogP contribution in [0.1, 0.15) is 46.7 Å². The van der Waals surface area contributed by atoms with E-state index < -0.39 is 16.1 Å². The van der Waals surface area contributed by atoms with Gasteiger partial charge in [0.15, 0.2) is 0 Å². The van der Waals surface area contributed by atoms with Crippen LogP contribution in [0.3, 0.4) is 0 Å². The van der Waals surface area contributed by atoms with Crippen molar-refractivity contribution in [3.8, 4) is 5.75 Å². The van der Waals surface area contributed by atoms with Crippen molar-refractivity contribution in [2.24, 2.45) is 0 Å². The molecule has 30 heavy (non-hydrogen) atoms. The van der Waals surface area contributed by atoms with Crippen molar-refractivity contribution >= 4 is 10.0 Å². The van der Waals surface area contributed by atoms with Gasteiger partial charge in [-0.15, -0.1) is 0 Å². The Labute approximate surface area is 179 Å². The van der Waals surface area contributed by atoms with Gasteiger partial charge in [0.05, 0.1) is 13.2 Å². The Hall–Kier alpha value is -2.63. The Morgan fingerprint density at radius 3 is 2.20 bits per heavy atom. The van der Waals surface area contributed by atoms with E-state index in [0.717, 1.165) is 47.9 Å². The molecular weight excluding hydrogens is 394 g/mol. The van der Waals surface area contributed by atoms with Gasteiger partial charge < -0.3 is 4.74 Å². The molecule has 0 spiro atoms. The fourth-order valence-corrected chi connectivity index (χ4v) is 5.57. The summed E-state index contributed by atoms with van der Waals surface area (Å²) in [6, 6.07) is 20.8. The van der Waals surface area contributed by atoms with Crippen LogP contribution >= 0.6 is 0 Å². The van der Waals surface area contributed by atoms with Gasteiger partial charge in [-0.25, -0.2) is 8.42 Å². The maximum Gasteiger partial charge on any atom is 0.245 e. The number of hydrogen-bond acceptors (Lipinski definition) is 3. The van der Waals surface area contributed by atoms with E-state index in [1.807, 2.05) is 67.6 Å². The van der Waals surface area contributed by atoms with E-state index in [9.17, 15) is 8.42 Å². The van der Waals surface area contributed by atoms with Gasteiger partial charge in [0.25, 0.3) is 0 Å². The van der Waals surface area contributed by atoms with E-state index in [2.05, 4.69) is 4.72 Å². The topological polar surface area (TPSA) is 55.4 Å². The molecule has 0 fully saturated rings. The van der Waals surface area contributed by atoms with Crippen LogP contribution in [0.15, 0.2) is 71.6 Å². The highest BCUT2D eigenvalue weighted by molar-refractivity contribution is 7.89. The molecule has 4 nitrogen and oxygen atoms in total. The van der Waals surface area contributed by atoms with Crippen molar-refractivity contribution in [2.45, 2.75) is 43.5 Å². The maximum absolute atomic E-state index is 13.5. The smallest absolute Gasteiger partial charge is 0.245 e. The molecule has 0 heterocycles. The van der Waals surface area contributed by atoms with Gasteiger partial charge in [0, 0.05) is 0 Å². The van der Waals surface area contributed by atoms with Gasteiger partial charge in [-0.05, 0) is 67.0 Å². The standard InChI is InChI=1S/C25H27NO3S/c1-18-9-8-14-22(15-18)25(19-10-4-3-5-11-19)26-30(27,28)24-17-21-13-7-6-12-20(21)16-23(24)29-2/h3-5,8-11,14-17,25-26H,6-7,12-13H2,1-2H3/t25-/m0/s1. The third-order valence-electron chi connectivity index (χ3n) is 5.70. The second-order valence-electron chi connectivity index (χ2n) is 7.86. The molecule has 0 unspecified atom stereocenters. The van der Waals surface area contributed by atoms with Crippen LogP contribution < -0.4 is 9.46 Å². The second-order valence-corrected chi connectivity index (χ2v) is 9.54. The summed E-state index contributed by atoms with van der Waals surface area (Å²) in [5.41, 5.74) is 5.17. The Bertz CT molecular complexity index is 1140. The molecule has 0 saturated carbocycles. The Balaban J connectivity index is 1.78. The molecule has 3 aromatic rings. The van der Waals surface area contributed by atoms with Crippen LogP contribution in [-0.4, -0.2) is 15.5 Å². The average molecular weight is 422 g/mol. The van der Waals surface area contributed by atoms with Gasteiger partial charge in [-0.1, -0.05) is 60.2 Å². The minimum Gasteiger partial charge on any atom is -0.495 e. The van der Waals surface area contributed by atoms with Crippen molar-refractivity contribution in [3.05, 3.63) is 94.5 Å². The molecule has 1 aliphatic rings. The molecule has 0 saturated heterocycles. The van der Waals surface area contributed by atoms with Gasteiger partial charge >= 0.3 is 0 Å². The fraction of sp³-hybridized carbons (Fsp3) is 0.280. The molecule has 1 atom stereocenters. The normalized spacial score (nSPS) is 14.7. The number of hydrogen-bond donors (Lipinski definition) is 1. The van der Waals surface area contributed by atoms with E-state index in [4.69, 9.17) is 4.74 Å². The number of aryl methyl sites for hydroxylation is 3. The largest absolute Gasteiger partial charge is 0.495 e. The molecule has 5 heteroatoms. The molecule has 4 rings (SSSR count). The number of rotatable bonds is 6. The lowest BCUT2D eigenvalue weighted by atomic mass is 9.92. The summed E-state index contributed by atoms with van der Waals surface area (Å²) in [6.07, 6.45) is 4.09. The molecule has 0 aromatic heterocycles. The summed E-state index contributed by atoms with van der Waals surface area (Å²) in [6.45, 7) is 2.01. The third-order valence-corrected chi connectivity index (χ3v) is 7.14. The summed E-state index contributed by atoms with van der Waals surface area (Å²) < 4.78 is 35.5. The van der Waals surface area contributed by atoms with Crippen LogP contribution in [0, 0.1) is 6.92 Å². The van der Waals surface area contributed by atoms with Gasteiger partial charge in [0.1, 0.15) is 10.6 Å². The van der Waals surface area contributed by atoms with Crippen molar-refractivity contribution in [3.63, 3.8) is 0 Å². The van der Waals surface area contributed by atoms with Gasteiger partial charge in [-0.2, -0.15) is 4.72 Å². The minimum atomic E-state index is -3.82. The first-order valence-corrected chi connectivity index (χ1v) is 11.8. The van der Waals surface area contributed by atoms with Crippen LogP contribution in [-0.2, 0) is 22.9 Å². The first-order valence-electron chi connectivity index (χ1n) is 10.3. The molecule has 1 aliphatic carbocycles. The molecule has 1 N–H and O–H groups in total. The Kier molecular flexibility index (Phi) is 5.93. The molecule has 0 radical (unpaired) electrons. The van der Waals surface area contributed by atoms with Crippen molar-refractivity contribution < 1.29 is 13.2 Å². The number of benzene rings is 3. The highest BCUT2D eigenvalue weighted by Crippen LogP contribution is 2.33.